The van der Waals surface area contributed by atoms with Gasteiger partial charge in [-0.25, -0.2) is 4.79 Å². The first-order chi connectivity index (χ1) is 12.4. The monoisotopic (exact) mass is 400 g/mol. The molecule has 9 heteroatoms. The van der Waals surface area contributed by atoms with Crippen molar-refractivity contribution in [1.82, 2.24) is 9.55 Å². The average Bonchev–Trinajstić information content (AvgIpc) is 2.82. The molecule has 1 fully saturated rings. The highest BCUT2D eigenvalue weighted by atomic mass is 31.2. The zero-order valence-corrected chi connectivity index (χ0v) is 17.1. The number of rotatable bonds is 7. The molecule has 2 heterocycles. The lowest BCUT2D eigenvalue weighted by molar-refractivity contribution is -0.120. The Hall–Kier alpha value is -1.47. The molecule has 1 aliphatic heterocycles. The van der Waals surface area contributed by atoms with Crippen molar-refractivity contribution in [2.45, 2.75) is 51.2 Å². The molecule has 2 unspecified atom stereocenters. The molecule has 27 heavy (non-hydrogen) atoms. The van der Waals surface area contributed by atoms with Gasteiger partial charge in [0.1, 0.15) is 18.0 Å². The van der Waals surface area contributed by atoms with Crippen molar-refractivity contribution in [2.24, 2.45) is 5.92 Å². The second kappa shape index (κ2) is 8.27. The number of hydrogen-bond donors (Lipinski definition) is 3. The molecular formula is C18H29N2O6P. The van der Waals surface area contributed by atoms with E-state index < -0.39 is 42.7 Å². The molecule has 0 spiro atoms. The van der Waals surface area contributed by atoms with Crippen LogP contribution in [0.3, 0.4) is 0 Å². The van der Waals surface area contributed by atoms with Crippen LogP contribution in [0.15, 0.2) is 15.8 Å². The Morgan fingerprint density at radius 3 is 2.56 bits per heavy atom. The molecule has 2 rings (SSSR count). The highest BCUT2D eigenvalue weighted by Crippen LogP contribution is 2.39. The van der Waals surface area contributed by atoms with Crippen LogP contribution in [0.4, 0.5) is 0 Å². The zero-order chi connectivity index (χ0) is 20.5. The van der Waals surface area contributed by atoms with Gasteiger partial charge in [0.2, 0.25) is 0 Å². The molecule has 1 aromatic heterocycles. The van der Waals surface area contributed by atoms with E-state index in [0.29, 0.717) is 6.42 Å². The average molecular weight is 400 g/mol. The van der Waals surface area contributed by atoms with Crippen LogP contribution in [0.2, 0.25) is 0 Å². The summed E-state index contributed by atoms with van der Waals surface area (Å²) in [5, 5.41) is 20.7. The van der Waals surface area contributed by atoms with E-state index in [4.69, 9.17) is 4.74 Å². The standard InChI is InChI=1S/C18H29N2O6P/c1-10(11(2)21)8-12-9-20(18(25)19-16(12)24)17-15(23)14(22)13(26-17)6-7-27(3,4)5/h9-10,13-15,17,22-23H,3,6-8H2,1-2,4-5H3,(H,19,24,25)/t10?,13-,14-,15?,17-/m1/s1. The topological polar surface area (TPSA) is 122 Å². The summed E-state index contributed by atoms with van der Waals surface area (Å²) in [6.07, 6.45) is 2.72. The van der Waals surface area contributed by atoms with E-state index in [0.717, 1.165) is 10.7 Å². The van der Waals surface area contributed by atoms with Crippen LogP contribution in [0, 0.1) is 5.92 Å². The fraction of sp³-hybridized carbons (Fsp3) is 0.667. The molecule has 1 aromatic rings. The quantitative estimate of drug-likeness (QED) is 0.555. The van der Waals surface area contributed by atoms with Crippen LogP contribution < -0.4 is 11.2 Å². The van der Waals surface area contributed by atoms with E-state index in [1.54, 1.807) is 6.92 Å². The SMILES string of the molecule is C=P(C)(C)CC[C@H]1O[C@@H](n2cc(CC(C)C(C)=O)c(=O)[nH]c2=O)C(O)[C@@H]1O. The number of aliphatic hydroxyl groups is 2. The van der Waals surface area contributed by atoms with Crippen molar-refractivity contribution < 1.29 is 19.7 Å². The number of aliphatic hydroxyl groups excluding tert-OH is 2. The maximum Gasteiger partial charge on any atom is 0.330 e. The third kappa shape index (κ3) is 5.29. The third-order valence-corrected chi connectivity index (χ3v) is 6.36. The lowest BCUT2D eigenvalue weighted by Gasteiger charge is -2.19. The number of carbonyl (C=O) groups excluding carboxylic acids is 1. The third-order valence-electron chi connectivity index (χ3n) is 4.89. The smallest absolute Gasteiger partial charge is 0.330 e. The van der Waals surface area contributed by atoms with E-state index in [-0.39, 0.29) is 23.7 Å². The van der Waals surface area contributed by atoms with Crippen molar-refractivity contribution in [3.8, 4) is 0 Å². The van der Waals surface area contributed by atoms with Gasteiger partial charge in [0.15, 0.2) is 6.23 Å². The van der Waals surface area contributed by atoms with Crippen LogP contribution in [0.25, 0.3) is 0 Å². The summed E-state index contributed by atoms with van der Waals surface area (Å²) in [4.78, 5) is 38.0. The molecule has 0 aromatic carbocycles. The maximum absolute atomic E-state index is 12.2. The first-order valence-electron chi connectivity index (χ1n) is 8.94. The van der Waals surface area contributed by atoms with E-state index in [1.807, 2.05) is 0 Å². The molecule has 0 aliphatic carbocycles. The Labute approximate surface area is 158 Å². The maximum atomic E-state index is 12.2. The van der Waals surface area contributed by atoms with Crippen molar-refractivity contribution in [3.05, 3.63) is 32.6 Å². The van der Waals surface area contributed by atoms with Crippen LogP contribution in [0.1, 0.15) is 32.1 Å². The van der Waals surface area contributed by atoms with Gasteiger partial charge in [-0.1, -0.05) is 6.92 Å². The van der Waals surface area contributed by atoms with E-state index in [1.165, 1.54) is 13.1 Å². The molecule has 5 atom stereocenters. The lowest BCUT2D eigenvalue weighted by atomic mass is 10.00. The fourth-order valence-corrected chi connectivity index (χ4v) is 3.96. The van der Waals surface area contributed by atoms with Crippen molar-refractivity contribution in [1.29, 1.82) is 0 Å². The molecule has 3 N–H and O–H groups in total. The molecule has 1 saturated heterocycles. The first-order valence-corrected chi connectivity index (χ1v) is 12.0. The Bertz CT molecular complexity index is 854. The number of H-pyrrole nitrogens is 1. The van der Waals surface area contributed by atoms with E-state index >= 15 is 0 Å². The van der Waals surface area contributed by atoms with Gasteiger partial charge in [-0.3, -0.25) is 19.1 Å². The summed E-state index contributed by atoms with van der Waals surface area (Å²) in [7, 11) is 0. The predicted molar refractivity (Wildman–Crippen MR) is 106 cm³/mol. The molecule has 0 radical (unpaired) electrons. The summed E-state index contributed by atoms with van der Waals surface area (Å²) in [6.45, 7) is 5.94. The number of nitrogens with zero attached hydrogens (tertiary/aromatic N) is 1. The van der Waals surface area contributed by atoms with Crippen LogP contribution in [0.5, 0.6) is 0 Å². The van der Waals surface area contributed by atoms with Gasteiger partial charge in [-0.15, -0.1) is 13.2 Å². The van der Waals surface area contributed by atoms with Crippen LogP contribution in [-0.4, -0.2) is 69.7 Å². The zero-order valence-electron chi connectivity index (χ0n) is 16.2. The lowest BCUT2D eigenvalue weighted by Crippen LogP contribution is -2.39. The number of nitrogens with one attached hydrogen (secondary N) is 1. The predicted octanol–water partition coefficient (Wildman–Crippen LogP) is 0.0227. The van der Waals surface area contributed by atoms with Gasteiger partial charge in [-0.2, -0.15) is 0 Å². The van der Waals surface area contributed by atoms with Gasteiger partial charge < -0.3 is 14.9 Å². The Morgan fingerprint density at radius 1 is 1.37 bits per heavy atom. The fourth-order valence-electron chi connectivity index (χ4n) is 3.01. The van der Waals surface area contributed by atoms with Crippen LogP contribution in [-0.2, 0) is 16.0 Å². The summed E-state index contributed by atoms with van der Waals surface area (Å²) in [5.41, 5.74) is -1.06. The molecule has 0 amide bonds. The molecule has 0 bridgehead atoms. The molecule has 152 valence electrons. The van der Waals surface area contributed by atoms with Crippen molar-refractivity contribution in [2.75, 3.05) is 19.5 Å². The van der Waals surface area contributed by atoms with E-state index in [2.05, 4.69) is 24.6 Å². The van der Waals surface area contributed by atoms with Crippen molar-refractivity contribution in [3.63, 3.8) is 0 Å². The summed E-state index contributed by atoms with van der Waals surface area (Å²) < 4.78 is 6.84. The second-order valence-electron chi connectivity index (χ2n) is 8.03. The largest absolute Gasteiger partial charge is 0.388 e. The molecule has 8 nitrogen and oxygen atoms in total. The van der Waals surface area contributed by atoms with Gasteiger partial charge in [0.25, 0.3) is 5.56 Å². The van der Waals surface area contributed by atoms with Gasteiger partial charge in [-0.05, 0) is 39.3 Å². The Morgan fingerprint density at radius 2 is 2.00 bits per heavy atom. The number of aromatic amines is 1. The highest BCUT2D eigenvalue weighted by molar-refractivity contribution is 7.72. The number of carbonyl (C=O) groups is 1. The summed E-state index contributed by atoms with van der Waals surface area (Å²) in [5.74, 6) is -0.452. The van der Waals surface area contributed by atoms with E-state index in [9.17, 15) is 24.6 Å². The van der Waals surface area contributed by atoms with Crippen LogP contribution >= 0.6 is 6.89 Å². The minimum Gasteiger partial charge on any atom is -0.388 e. The highest BCUT2D eigenvalue weighted by Gasteiger charge is 2.44. The number of ether oxygens (including phenoxy) is 1. The summed E-state index contributed by atoms with van der Waals surface area (Å²) in [6, 6.07) is 0. The first kappa shape index (κ1) is 21.8. The van der Waals surface area contributed by atoms with Gasteiger partial charge in [0.05, 0.1) is 6.10 Å². The number of Topliss-reactive ketones (excluding diaryl/α,β-unsaturated/α-hetero) is 1. The number of hydrogen-bond acceptors (Lipinski definition) is 6. The normalized spacial score (nSPS) is 26.9. The van der Waals surface area contributed by atoms with Gasteiger partial charge in [0, 0.05) is 17.7 Å². The van der Waals surface area contributed by atoms with Crippen molar-refractivity contribution >= 4 is 19.0 Å². The minimum absolute atomic E-state index is 0.0705. The van der Waals surface area contributed by atoms with Gasteiger partial charge >= 0.3 is 5.69 Å². The second-order valence-corrected chi connectivity index (χ2v) is 12.3. The minimum atomic E-state index is -1.33. The Balaban J connectivity index is 2.29. The number of ketones is 1. The molecule has 0 saturated carbocycles. The Kier molecular flexibility index (Phi) is 6.68. The number of aromatic nitrogens is 2. The molecular weight excluding hydrogens is 371 g/mol. The molecule has 1 aliphatic rings. The summed E-state index contributed by atoms with van der Waals surface area (Å²) >= 11 is 0.